The van der Waals surface area contributed by atoms with Gasteiger partial charge in [0.05, 0.1) is 0 Å². The number of amides is 1. The number of rotatable bonds is 6. The number of unbranched alkanes of at least 4 members (excludes halogenated alkanes) is 1. The molecule has 0 saturated heterocycles. The highest BCUT2D eigenvalue weighted by Gasteiger charge is 2.21. The average molecular weight is 395 g/mol. The summed E-state index contributed by atoms with van der Waals surface area (Å²) in [5.74, 6) is 0.565. The Hall–Kier alpha value is -2.93. The molecule has 28 heavy (non-hydrogen) atoms. The minimum Gasteiger partial charge on any atom is -0.461 e. The number of aromatic nitrogens is 2. The zero-order chi connectivity index (χ0) is 19.7. The summed E-state index contributed by atoms with van der Waals surface area (Å²) in [6, 6.07) is 7.86. The molecule has 6 nitrogen and oxygen atoms in total. The van der Waals surface area contributed by atoms with E-state index in [0.29, 0.717) is 11.5 Å². The molecule has 0 saturated carbocycles. The molecule has 0 spiro atoms. The predicted molar refractivity (Wildman–Crippen MR) is 110 cm³/mol. The van der Waals surface area contributed by atoms with Crippen LogP contribution in [-0.2, 0) is 13.0 Å². The smallest absolute Gasteiger partial charge is 0.271 e. The zero-order valence-corrected chi connectivity index (χ0v) is 16.7. The van der Waals surface area contributed by atoms with Crippen molar-refractivity contribution in [2.45, 2.75) is 32.7 Å². The second-order valence-corrected chi connectivity index (χ2v) is 7.67. The number of fused-ring (bicyclic) bond motifs is 2. The van der Waals surface area contributed by atoms with Crippen molar-refractivity contribution in [3.63, 3.8) is 0 Å². The fourth-order valence-electron chi connectivity index (χ4n) is 3.35. The van der Waals surface area contributed by atoms with E-state index in [9.17, 15) is 9.59 Å². The van der Waals surface area contributed by atoms with E-state index in [4.69, 9.17) is 4.42 Å². The third-order valence-corrected chi connectivity index (χ3v) is 5.63. The van der Waals surface area contributed by atoms with Crippen molar-refractivity contribution in [1.82, 2.24) is 14.3 Å². The van der Waals surface area contributed by atoms with Crippen LogP contribution >= 0.6 is 11.3 Å². The maximum absolute atomic E-state index is 13.0. The van der Waals surface area contributed by atoms with Gasteiger partial charge in [-0.3, -0.25) is 14.0 Å². The number of aryl methyl sites for hydroxylation is 1. The van der Waals surface area contributed by atoms with Crippen LogP contribution in [-0.4, -0.2) is 27.2 Å². The van der Waals surface area contributed by atoms with Crippen LogP contribution < -0.4 is 5.56 Å². The van der Waals surface area contributed by atoms with Crippen LogP contribution in [0.4, 0.5) is 0 Å². The van der Waals surface area contributed by atoms with E-state index in [1.807, 2.05) is 24.3 Å². The highest BCUT2D eigenvalue weighted by Crippen LogP contribution is 2.28. The molecular formula is C21H21N3O3S. The average Bonchev–Trinajstić information content (AvgIpc) is 3.31. The van der Waals surface area contributed by atoms with Crippen molar-refractivity contribution in [2.75, 3.05) is 7.05 Å². The van der Waals surface area contributed by atoms with Crippen molar-refractivity contribution in [3.05, 3.63) is 69.3 Å². The molecule has 4 aromatic rings. The van der Waals surface area contributed by atoms with Gasteiger partial charge >= 0.3 is 0 Å². The van der Waals surface area contributed by atoms with Gasteiger partial charge in [0, 0.05) is 48.7 Å². The molecule has 0 atom stereocenters. The number of benzene rings is 1. The topological polar surface area (TPSA) is 67.8 Å². The van der Waals surface area contributed by atoms with Crippen molar-refractivity contribution >= 4 is 33.2 Å². The third-order valence-electron chi connectivity index (χ3n) is 4.85. The van der Waals surface area contributed by atoms with Gasteiger partial charge in [-0.1, -0.05) is 31.5 Å². The highest BCUT2D eigenvalue weighted by molar-refractivity contribution is 7.15. The van der Waals surface area contributed by atoms with Gasteiger partial charge in [-0.25, -0.2) is 4.98 Å². The molecular weight excluding hydrogens is 374 g/mol. The molecule has 0 fully saturated rings. The summed E-state index contributed by atoms with van der Waals surface area (Å²) < 4.78 is 7.45. The minimum absolute atomic E-state index is 0.0707. The monoisotopic (exact) mass is 395 g/mol. The van der Waals surface area contributed by atoms with E-state index < -0.39 is 0 Å². The number of furan rings is 1. The number of hydrogen-bond donors (Lipinski definition) is 0. The normalized spacial score (nSPS) is 11.4. The van der Waals surface area contributed by atoms with Crippen LogP contribution in [0.25, 0.3) is 15.9 Å². The van der Waals surface area contributed by atoms with E-state index in [1.54, 1.807) is 23.5 Å². The predicted octanol–water partition coefficient (Wildman–Crippen LogP) is 4.12. The third kappa shape index (κ3) is 3.22. The van der Waals surface area contributed by atoms with Crippen molar-refractivity contribution in [2.24, 2.45) is 0 Å². The van der Waals surface area contributed by atoms with E-state index in [0.717, 1.165) is 41.6 Å². The highest BCUT2D eigenvalue weighted by atomic mass is 32.1. The van der Waals surface area contributed by atoms with Gasteiger partial charge in [0.25, 0.3) is 11.5 Å². The van der Waals surface area contributed by atoms with E-state index >= 15 is 0 Å². The Morgan fingerprint density at radius 2 is 2.14 bits per heavy atom. The van der Waals surface area contributed by atoms with Gasteiger partial charge in [0.2, 0.25) is 0 Å². The van der Waals surface area contributed by atoms with Crippen LogP contribution in [0.2, 0.25) is 0 Å². The maximum Gasteiger partial charge on any atom is 0.271 e. The lowest BCUT2D eigenvalue weighted by Gasteiger charge is -2.17. The van der Waals surface area contributed by atoms with Crippen molar-refractivity contribution in [1.29, 1.82) is 0 Å². The van der Waals surface area contributed by atoms with Crippen LogP contribution in [0.15, 0.2) is 51.3 Å². The molecule has 0 radical (unpaired) electrons. The second-order valence-electron chi connectivity index (χ2n) is 6.80. The standard InChI is InChI=1S/C21H21N3O3S/c1-3-4-8-18-16(14-7-5-6-9-17(14)27-18)13-23(2)19(25)15-12-22-21-24(20(15)26)10-11-28-21/h5-7,9-12H,3-4,8,13H2,1-2H3. The minimum atomic E-state index is -0.343. The van der Waals surface area contributed by atoms with E-state index in [-0.39, 0.29) is 17.0 Å². The van der Waals surface area contributed by atoms with Crippen LogP contribution in [0.5, 0.6) is 0 Å². The molecule has 1 aromatic carbocycles. The van der Waals surface area contributed by atoms with Gasteiger partial charge in [0.15, 0.2) is 4.96 Å². The Kier molecular flexibility index (Phi) is 5.00. The largest absolute Gasteiger partial charge is 0.461 e. The van der Waals surface area contributed by atoms with Crippen molar-refractivity contribution in [3.8, 4) is 0 Å². The van der Waals surface area contributed by atoms with Gasteiger partial charge < -0.3 is 9.32 Å². The molecule has 0 bridgehead atoms. The SMILES string of the molecule is CCCCc1oc2ccccc2c1CN(C)C(=O)c1cnc2sccn2c1=O. The van der Waals surface area contributed by atoms with E-state index in [1.165, 1.54) is 21.9 Å². The molecule has 0 aliphatic carbocycles. The molecule has 7 heteroatoms. The summed E-state index contributed by atoms with van der Waals surface area (Å²) in [5.41, 5.74) is 1.56. The Morgan fingerprint density at radius 3 is 2.96 bits per heavy atom. The summed E-state index contributed by atoms with van der Waals surface area (Å²) in [5, 5.41) is 2.79. The quantitative estimate of drug-likeness (QED) is 0.493. The summed E-state index contributed by atoms with van der Waals surface area (Å²) in [7, 11) is 1.70. The Balaban J connectivity index is 1.67. The molecule has 144 valence electrons. The number of nitrogens with zero attached hydrogens (tertiary/aromatic N) is 3. The maximum atomic E-state index is 13.0. The lowest BCUT2D eigenvalue weighted by Crippen LogP contribution is -2.32. The number of carbonyl (C=O) groups is 1. The van der Waals surface area contributed by atoms with Gasteiger partial charge in [-0.15, -0.1) is 11.3 Å². The molecule has 3 heterocycles. The summed E-state index contributed by atoms with van der Waals surface area (Å²) in [6.45, 7) is 2.51. The first kappa shape index (κ1) is 18.4. The molecule has 3 aromatic heterocycles. The number of carbonyl (C=O) groups excluding carboxylic acids is 1. The number of para-hydroxylation sites is 1. The first-order valence-corrected chi connectivity index (χ1v) is 10.2. The Labute approximate surface area is 166 Å². The molecule has 0 aliphatic heterocycles. The molecule has 0 N–H and O–H groups in total. The van der Waals surface area contributed by atoms with Crippen LogP contribution in [0, 0.1) is 0 Å². The Bertz CT molecular complexity index is 1200. The van der Waals surface area contributed by atoms with E-state index in [2.05, 4.69) is 11.9 Å². The second kappa shape index (κ2) is 7.59. The molecule has 4 rings (SSSR count). The lowest BCUT2D eigenvalue weighted by atomic mass is 10.1. The first-order chi connectivity index (χ1) is 13.6. The lowest BCUT2D eigenvalue weighted by molar-refractivity contribution is 0.0782. The number of thiazole rings is 1. The first-order valence-electron chi connectivity index (χ1n) is 9.29. The summed E-state index contributed by atoms with van der Waals surface area (Å²) in [4.78, 5) is 31.9. The van der Waals surface area contributed by atoms with Crippen molar-refractivity contribution < 1.29 is 9.21 Å². The number of hydrogen-bond acceptors (Lipinski definition) is 5. The molecule has 0 unspecified atom stereocenters. The Morgan fingerprint density at radius 1 is 1.32 bits per heavy atom. The molecule has 0 aliphatic rings. The fourth-order valence-corrected chi connectivity index (χ4v) is 4.02. The molecule has 1 amide bonds. The summed E-state index contributed by atoms with van der Waals surface area (Å²) in [6.07, 6.45) is 5.92. The van der Waals surface area contributed by atoms with Gasteiger partial charge in [0.1, 0.15) is 16.9 Å². The van der Waals surface area contributed by atoms with Crippen LogP contribution in [0.3, 0.4) is 0 Å². The fraction of sp³-hybridized carbons (Fsp3) is 0.286. The van der Waals surface area contributed by atoms with Gasteiger partial charge in [-0.2, -0.15) is 0 Å². The van der Waals surface area contributed by atoms with Crippen LogP contribution in [0.1, 0.15) is 41.4 Å². The zero-order valence-electron chi connectivity index (χ0n) is 15.8. The summed E-state index contributed by atoms with van der Waals surface area (Å²) >= 11 is 1.36. The van der Waals surface area contributed by atoms with Gasteiger partial charge in [-0.05, 0) is 12.5 Å².